The lowest BCUT2D eigenvalue weighted by Crippen LogP contribution is -2.46. The van der Waals surface area contributed by atoms with Crippen molar-refractivity contribution in [3.8, 4) is 0 Å². The van der Waals surface area contributed by atoms with Gasteiger partial charge in [0, 0.05) is 6.42 Å². The van der Waals surface area contributed by atoms with E-state index in [1.54, 1.807) is 0 Å². The Balaban J connectivity index is 4.44. The van der Waals surface area contributed by atoms with Crippen LogP contribution in [0, 0.1) is 0 Å². The van der Waals surface area contributed by atoms with E-state index in [-0.39, 0.29) is 0 Å². The first-order chi connectivity index (χ1) is 8.08. The molecule has 10 nitrogen and oxygen atoms in total. The Bertz CT molecular complexity index is 313. The number of phosphoric ester groups is 1. The highest BCUT2D eigenvalue weighted by molar-refractivity contribution is 7.46. The van der Waals surface area contributed by atoms with Crippen molar-refractivity contribution in [2.24, 2.45) is 0 Å². The zero-order chi connectivity index (χ0) is 14.5. The van der Waals surface area contributed by atoms with Crippen LogP contribution in [0.5, 0.6) is 0 Å². The Hall–Kier alpha value is -0.420. The molecule has 4 atom stereocenters. The van der Waals surface area contributed by atoms with E-state index in [4.69, 9.17) is 20.0 Å². The highest BCUT2D eigenvalue weighted by Crippen LogP contribution is 2.37. The molecule has 1 unspecified atom stereocenters. The summed E-state index contributed by atoms with van der Waals surface area (Å²) in [6.45, 7) is -0.887. The third kappa shape index (κ3) is 6.50. The van der Waals surface area contributed by atoms with Crippen LogP contribution in [0.4, 0.5) is 0 Å². The standard InChI is InChI=1S/C7H15O10P/c8-2-3(9)1-4(10)5(11)6(12)7(13)17-18(14,15)16/h4-8,10-13H,1-2H2,(H2,14,15,16)/t4-,5+,6+,7?/m0/s1. The summed E-state index contributed by atoms with van der Waals surface area (Å²) >= 11 is 0. The molecule has 0 amide bonds. The summed E-state index contributed by atoms with van der Waals surface area (Å²) < 4.78 is 14.0. The van der Waals surface area contributed by atoms with Crippen molar-refractivity contribution >= 4 is 13.6 Å². The number of carbonyl (C=O) groups is 1. The summed E-state index contributed by atoms with van der Waals surface area (Å²) in [5.41, 5.74) is 0. The molecule has 0 rings (SSSR count). The first kappa shape index (κ1) is 17.6. The lowest BCUT2D eigenvalue weighted by atomic mass is 10.0. The van der Waals surface area contributed by atoms with Gasteiger partial charge in [-0.05, 0) is 0 Å². The topological polar surface area (TPSA) is 185 Å². The van der Waals surface area contributed by atoms with Gasteiger partial charge in [0.25, 0.3) is 0 Å². The van der Waals surface area contributed by atoms with Crippen LogP contribution in [-0.4, -0.2) is 72.3 Å². The monoisotopic (exact) mass is 290 g/mol. The number of aliphatic hydroxyl groups excluding tert-OH is 5. The predicted molar refractivity (Wildman–Crippen MR) is 53.9 cm³/mol. The minimum Gasteiger partial charge on any atom is -0.390 e. The second-order valence-electron chi connectivity index (χ2n) is 3.44. The second kappa shape index (κ2) is 7.24. The van der Waals surface area contributed by atoms with Crippen LogP contribution in [0.1, 0.15) is 6.42 Å². The van der Waals surface area contributed by atoms with Gasteiger partial charge < -0.3 is 35.3 Å². The van der Waals surface area contributed by atoms with Gasteiger partial charge in [0.1, 0.15) is 18.8 Å². The summed E-state index contributed by atoms with van der Waals surface area (Å²) in [5, 5.41) is 45.1. The van der Waals surface area contributed by atoms with Crippen LogP contribution in [-0.2, 0) is 13.9 Å². The fourth-order valence-corrected chi connectivity index (χ4v) is 1.42. The molecule has 0 aromatic rings. The molecule has 0 aromatic heterocycles. The fraction of sp³-hybridized carbons (Fsp3) is 0.857. The predicted octanol–water partition coefficient (Wildman–Crippen LogP) is -3.55. The van der Waals surface area contributed by atoms with Gasteiger partial charge >= 0.3 is 7.82 Å². The fourth-order valence-electron chi connectivity index (χ4n) is 1.02. The van der Waals surface area contributed by atoms with Crippen LogP contribution in [0.3, 0.4) is 0 Å². The molecule has 7 N–H and O–H groups in total. The number of aliphatic hydroxyl groups is 5. The summed E-state index contributed by atoms with van der Waals surface area (Å²) in [6.07, 6.45) is -9.35. The van der Waals surface area contributed by atoms with Gasteiger partial charge in [-0.25, -0.2) is 4.57 Å². The van der Waals surface area contributed by atoms with E-state index in [0.29, 0.717) is 0 Å². The van der Waals surface area contributed by atoms with E-state index in [1.807, 2.05) is 0 Å². The molecule has 108 valence electrons. The van der Waals surface area contributed by atoms with Crippen LogP contribution < -0.4 is 0 Å². The van der Waals surface area contributed by atoms with Crippen LogP contribution >= 0.6 is 7.82 Å². The summed E-state index contributed by atoms with van der Waals surface area (Å²) in [5.74, 6) is -0.834. The maximum atomic E-state index is 10.7. The van der Waals surface area contributed by atoms with Crippen molar-refractivity contribution in [2.45, 2.75) is 31.0 Å². The van der Waals surface area contributed by atoms with Gasteiger partial charge in [-0.3, -0.25) is 9.32 Å². The maximum Gasteiger partial charge on any atom is 0.472 e. The lowest BCUT2D eigenvalue weighted by molar-refractivity contribution is -0.172. The van der Waals surface area contributed by atoms with Crippen LogP contribution in [0.15, 0.2) is 0 Å². The molecule has 11 heteroatoms. The number of carbonyl (C=O) groups excluding carboxylic acids is 1. The Kier molecular flexibility index (Phi) is 7.07. The van der Waals surface area contributed by atoms with Crippen LogP contribution in [0.2, 0.25) is 0 Å². The van der Waals surface area contributed by atoms with Crippen molar-refractivity contribution in [1.82, 2.24) is 0 Å². The lowest BCUT2D eigenvalue weighted by Gasteiger charge is -2.25. The number of phosphoric acid groups is 1. The molecule has 0 heterocycles. The van der Waals surface area contributed by atoms with Crippen molar-refractivity contribution < 1.29 is 49.2 Å². The van der Waals surface area contributed by atoms with Gasteiger partial charge in [-0.15, -0.1) is 0 Å². The molecular weight excluding hydrogens is 275 g/mol. The third-order valence-corrected chi connectivity index (χ3v) is 2.39. The van der Waals surface area contributed by atoms with Crippen molar-refractivity contribution in [3.05, 3.63) is 0 Å². The average Bonchev–Trinajstić information content (AvgIpc) is 2.24. The number of hydrogen-bond acceptors (Lipinski definition) is 8. The Morgan fingerprint density at radius 2 is 1.61 bits per heavy atom. The average molecular weight is 290 g/mol. The summed E-state index contributed by atoms with van der Waals surface area (Å²) in [6, 6.07) is 0. The van der Waals surface area contributed by atoms with Gasteiger partial charge in [0.2, 0.25) is 0 Å². The molecule has 0 bridgehead atoms. The minimum absolute atomic E-state index is 0.711. The molecular formula is C7H15O10P. The van der Waals surface area contributed by atoms with Crippen molar-refractivity contribution in [2.75, 3.05) is 6.61 Å². The summed E-state index contributed by atoms with van der Waals surface area (Å²) in [7, 11) is -5.09. The van der Waals surface area contributed by atoms with E-state index in [9.17, 15) is 24.7 Å². The van der Waals surface area contributed by atoms with E-state index in [0.717, 1.165) is 0 Å². The van der Waals surface area contributed by atoms with Crippen molar-refractivity contribution in [3.63, 3.8) is 0 Å². The zero-order valence-electron chi connectivity index (χ0n) is 9.03. The van der Waals surface area contributed by atoms with Crippen LogP contribution in [0.25, 0.3) is 0 Å². The molecule has 0 fully saturated rings. The molecule has 0 aliphatic carbocycles. The number of ketones is 1. The smallest absolute Gasteiger partial charge is 0.390 e. The zero-order valence-corrected chi connectivity index (χ0v) is 9.92. The Morgan fingerprint density at radius 3 is 2.00 bits per heavy atom. The first-order valence-corrected chi connectivity index (χ1v) is 6.20. The Labute approximate surface area is 101 Å². The Morgan fingerprint density at radius 1 is 1.11 bits per heavy atom. The number of hydrogen-bond donors (Lipinski definition) is 7. The van der Waals surface area contributed by atoms with Gasteiger partial charge in [0.15, 0.2) is 12.1 Å². The normalized spacial score (nSPS) is 19.1. The van der Waals surface area contributed by atoms with Gasteiger partial charge in [-0.2, -0.15) is 0 Å². The largest absolute Gasteiger partial charge is 0.472 e. The maximum absolute atomic E-state index is 10.7. The molecule has 0 aromatic carbocycles. The van der Waals surface area contributed by atoms with Crippen molar-refractivity contribution in [1.29, 1.82) is 0 Å². The molecule has 0 aliphatic heterocycles. The summed E-state index contributed by atoms with van der Waals surface area (Å²) in [4.78, 5) is 27.4. The highest BCUT2D eigenvalue weighted by atomic mass is 31.2. The first-order valence-electron chi connectivity index (χ1n) is 4.67. The molecule has 18 heavy (non-hydrogen) atoms. The van der Waals surface area contributed by atoms with E-state index < -0.39 is 51.2 Å². The molecule has 0 spiro atoms. The molecule has 0 saturated heterocycles. The van der Waals surface area contributed by atoms with E-state index >= 15 is 0 Å². The molecule has 0 aliphatic rings. The van der Waals surface area contributed by atoms with Gasteiger partial charge in [-0.1, -0.05) is 0 Å². The molecule has 0 saturated carbocycles. The number of rotatable bonds is 8. The third-order valence-electron chi connectivity index (χ3n) is 1.89. The highest BCUT2D eigenvalue weighted by Gasteiger charge is 2.35. The second-order valence-corrected chi connectivity index (χ2v) is 4.63. The van der Waals surface area contributed by atoms with E-state index in [2.05, 4.69) is 4.52 Å². The van der Waals surface area contributed by atoms with E-state index in [1.165, 1.54) is 0 Å². The number of Topliss-reactive ketones (excluding diaryl/α,β-unsaturated/α-hetero) is 1. The van der Waals surface area contributed by atoms with Gasteiger partial charge in [0.05, 0.1) is 6.10 Å². The quantitative estimate of drug-likeness (QED) is 0.174. The SMILES string of the molecule is O=C(CO)C[C@H](O)[C@@H](O)[C@@H](O)C(O)OP(=O)(O)O. The molecule has 0 radical (unpaired) electrons. The minimum atomic E-state index is -5.09.